The van der Waals surface area contributed by atoms with E-state index >= 15 is 0 Å². The Morgan fingerprint density at radius 1 is 1.25 bits per heavy atom. The first-order valence-corrected chi connectivity index (χ1v) is 7.53. The Bertz CT molecular complexity index is 483. The molecule has 4 nitrogen and oxygen atoms in total. The second-order valence-corrected chi connectivity index (χ2v) is 5.82. The average Bonchev–Trinajstić information content (AvgIpc) is 2.51. The van der Waals surface area contributed by atoms with Gasteiger partial charge in [-0.05, 0) is 30.9 Å². The van der Waals surface area contributed by atoms with E-state index in [1.54, 1.807) is 4.90 Å². The van der Waals surface area contributed by atoms with Crippen LogP contribution in [0.2, 0.25) is 0 Å². The summed E-state index contributed by atoms with van der Waals surface area (Å²) in [6, 6.07) is 7.75. The number of nitrogens with zero attached hydrogens (tertiary/aromatic N) is 1. The zero-order chi connectivity index (χ0) is 13.9. The number of anilines is 1. The third-order valence-electron chi connectivity index (χ3n) is 4.46. The quantitative estimate of drug-likeness (QED) is 0.920. The number of hydrogen-bond acceptors (Lipinski definition) is 3. The molecule has 3 rings (SSSR count). The number of ether oxygens (including phenoxy) is 1. The van der Waals surface area contributed by atoms with Crippen molar-refractivity contribution in [3.8, 4) is 5.75 Å². The van der Waals surface area contributed by atoms with Crippen LogP contribution in [0.15, 0.2) is 24.3 Å². The molecule has 1 saturated carbocycles. The number of hydrogen-bond donors (Lipinski definition) is 1. The molecule has 2 N–H and O–H groups in total. The average molecular weight is 274 g/mol. The molecule has 1 unspecified atom stereocenters. The van der Waals surface area contributed by atoms with E-state index in [1.807, 2.05) is 24.3 Å². The van der Waals surface area contributed by atoms with Crippen molar-refractivity contribution in [1.29, 1.82) is 0 Å². The lowest BCUT2D eigenvalue weighted by Crippen LogP contribution is -2.48. The number of nitrogens with two attached hydrogens (primary N) is 1. The summed E-state index contributed by atoms with van der Waals surface area (Å²) in [6.45, 7) is 0.721. The summed E-state index contributed by atoms with van der Waals surface area (Å²) >= 11 is 0. The van der Waals surface area contributed by atoms with E-state index in [1.165, 1.54) is 32.1 Å². The predicted molar refractivity (Wildman–Crippen MR) is 78.8 cm³/mol. The number of amides is 1. The van der Waals surface area contributed by atoms with Gasteiger partial charge in [0, 0.05) is 12.6 Å². The molecule has 1 aromatic carbocycles. The molecular weight excluding hydrogens is 252 g/mol. The van der Waals surface area contributed by atoms with Crippen molar-refractivity contribution in [2.75, 3.05) is 18.1 Å². The minimum absolute atomic E-state index is 0.00922. The number of para-hydroxylation sites is 2. The fourth-order valence-electron chi connectivity index (χ4n) is 3.28. The minimum Gasteiger partial charge on any atom is -0.482 e. The molecule has 1 amide bonds. The van der Waals surface area contributed by atoms with Crippen LogP contribution in [0.1, 0.15) is 32.1 Å². The molecule has 0 radical (unpaired) electrons. The Morgan fingerprint density at radius 3 is 2.80 bits per heavy atom. The monoisotopic (exact) mass is 274 g/mol. The Balaban J connectivity index is 1.74. The van der Waals surface area contributed by atoms with Crippen LogP contribution < -0.4 is 15.4 Å². The van der Waals surface area contributed by atoms with Gasteiger partial charge >= 0.3 is 0 Å². The van der Waals surface area contributed by atoms with Gasteiger partial charge in [-0.2, -0.15) is 0 Å². The highest BCUT2D eigenvalue weighted by molar-refractivity contribution is 5.97. The lowest BCUT2D eigenvalue weighted by molar-refractivity contribution is -0.121. The fourth-order valence-corrected chi connectivity index (χ4v) is 3.28. The van der Waals surface area contributed by atoms with Crippen LogP contribution in [-0.4, -0.2) is 25.1 Å². The predicted octanol–water partition coefficient (Wildman–Crippen LogP) is 2.32. The van der Waals surface area contributed by atoms with E-state index in [-0.39, 0.29) is 18.6 Å². The summed E-state index contributed by atoms with van der Waals surface area (Å²) in [6.07, 6.45) is 6.25. The SMILES string of the molecule is NC(CN1C(=O)COc2ccccc21)C1CCCCC1. The summed E-state index contributed by atoms with van der Waals surface area (Å²) in [5, 5.41) is 0. The van der Waals surface area contributed by atoms with E-state index in [0.717, 1.165) is 11.4 Å². The number of rotatable bonds is 3. The van der Waals surface area contributed by atoms with Gasteiger partial charge in [-0.3, -0.25) is 4.79 Å². The van der Waals surface area contributed by atoms with Gasteiger partial charge in [0.25, 0.3) is 5.91 Å². The van der Waals surface area contributed by atoms with Gasteiger partial charge in [0.05, 0.1) is 5.69 Å². The molecule has 20 heavy (non-hydrogen) atoms. The maximum absolute atomic E-state index is 12.1. The van der Waals surface area contributed by atoms with Crippen LogP contribution in [0.3, 0.4) is 0 Å². The molecule has 0 aromatic heterocycles. The van der Waals surface area contributed by atoms with Gasteiger partial charge in [-0.15, -0.1) is 0 Å². The van der Waals surface area contributed by atoms with Gasteiger partial charge in [-0.25, -0.2) is 0 Å². The molecule has 2 aliphatic rings. The zero-order valence-electron chi connectivity index (χ0n) is 11.8. The number of carbonyl (C=O) groups excluding carboxylic acids is 1. The minimum atomic E-state index is 0.00922. The summed E-state index contributed by atoms with van der Waals surface area (Å²) < 4.78 is 5.46. The van der Waals surface area contributed by atoms with E-state index in [4.69, 9.17) is 10.5 Å². The molecule has 0 spiro atoms. The molecular formula is C16H22N2O2. The normalized spacial score (nSPS) is 21.2. The van der Waals surface area contributed by atoms with Crippen LogP contribution in [-0.2, 0) is 4.79 Å². The summed E-state index contributed by atoms with van der Waals surface area (Å²) in [7, 11) is 0. The molecule has 108 valence electrons. The highest BCUT2D eigenvalue weighted by Gasteiger charge is 2.29. The molecule has 1 atom stereocenters. The Morgan fingerprint density at radius 2 is 2.00 bits per heavy atom. The van der Waals surface area contributed by atoms with E-state index in [9.17, 15) is 4.79 Å². The van der Waals surface area contributed by atoms with Gasteiger partial charge in [0.1, 0.15) is 5.75 Å². The topological polar surface area (TPSA) is 55.6 Å². The molecule has 1 heterocycles. The number of fused-ring (bicyclic) bond motifs is 1. The van der Waals surface area contributed by atoms with Crippen molar-refractivity contribution >= 4 is 11.6 Å². The Hall–Kier alpha value is -1.55. The third-order valence-corrected chi connectivity index (χ3v) is 4.46. The molecule has 1 aliphatic carbocycles. The first kappa shape index (κ1) is 13.4. The summed E-state index contributed by atoms with van der Waals surface area (Å²) in [5.74, 6) is 1.34. The maximum Gasteiger partial charge on any atom is 0.265 e. The zero-order valence-corrected chi connectivity index (χ0v) is 11.8. The summed E-state index contributed by atoms with van der Waals surface area (Å²) in [4.78, 5) is 13.9. The van der Waals surface area contributed by atoms with Crippen LogP contribution in [0.5, 0.6) is 5.75 Å². The van der Waals surface area contributed by atoms with Gasteiger partial charge in [0.2, 0.25) is 0 Å². The maximum atomic E-state index is 12.1. The number of carbonyl (C=O) groups is 1. The fraction of sp³-hybridized carbons (Fsp3) is 0.562. The van der Waals surface area contributed by atoms with Gasteiger partial charge < -0.3 is 15.4 Å². The molecule has 0 bridgehead atoms. The van der Waals surface area contributed by atoms with Crippen LogP contribution >= 0.6 is 0 Å². The van der Waals surface area contributed by atoms with E-state index in [0.29, 0.717) is 12.5 Å². The van der Waals surface area contributed by atoms with Crippen molar-refractivity contribution < 1.29 is 9.53 Å². The molecule has 1 aliphatic heterocycles. The van der Waals surface area contributed by atoms with Crippen LogP contribution in [0, 0.1) is 5.92 Å². The number of benzene rings is 1. The van der Waals surface area contributed by atoms with Gasteiger partial charge in [-0.1, -0.05) is 31.4 Å². The van der Waals surface area contributed by atoms with Crippen molar-refractivity contribution in [3.05, 3.63) is 24.3 Å². The Kier molecular flexibility index (Phi) is 3.92. The molecule has 0 saturated heterocycles. The standard InChI is InChI=1S/C16H22N2O2/c17-13(12-6-2-1-3-7-12)10-18-14-8-4-5-9-15(14)20-11-16(18)19/h4-5,8-9,12-13H,1-3,6-7,10-11,17H2. The van der Waals surface area contributed by atoms with Crippen LogP contribution in [0.4, 0.5) is 5.69 Å². The largest absolute Gasteiger partial charge is 0.482 e. The second kappa shape index (κ2) is 5.83. The lowest BCUT2D eigenvalue weighted by atomic mass is 9.84. The lowest BCUT2D eigenvalue weighted by Gasteiger charge is -2.34. The van der Waals surface area contributed by atoms with E-state index < -0.39 is 0 Å². The van der Waals surface area contributed by atoms with Gasteiger partial charge in [0.15, 0.2) is 6.61 Å². The second-order valence-electron chi connectivity index (χ2n) is 5.82. The van der Waals surface area contributed by atoms with Crippen molar-refractivity contribution in [2.24, 2.45) is 11.7 Å². The molecule has 1 aromatic rings. The molecule has 4 heteroatoms. The smallest absolute Gasteiger partial charge is 0.265 e. The molecule has 1 fully saturated rings. The third kappa shape index (κ3) is 2.66. The van der Waals surface area contributed by atoms with E-state index in [2.05, 4.69) is 0 Å². The first-order valence-electron chi connectivity index (χ1n) is 7.53. The van der Waals surface area contributed by atoms with Crippen molar-refractivity contribution in [1.82, 2.24) is 0 Å². The van der Waals surface area contributed by atoms with Crippen molar-refractivity contribution in [2.45, 2.75) is 38.1 Å². The first-order chi connectivity index (χ1) is 9.75. The highest BCUT2D eigenvalue weighted by atomic mass is 16.5. The van der Waals surface area contributed by atoms with Crippen molar-refractivity contribution in [3.63, 3.8) is 0 Å². The Labute approximate surface area is 119 Å². The summed E-state index contributed by atoms with van der Waals surface area (Å²) in [5.41, 5.74) is 7.22. The van der Waals surface area contributed by atoms with Crippen LogP contribution in [0.25, 0.3) is 0 Å². The highest BCUT2D eigenvalue weighted by Crippen LogP contribution is 2.33.